The summed E-state index contributed by atoms with van der Waals surface area (Å²) in [5.41, 5.74) is 8.92. The maximum absolute atomic E-state index is 12.3. The van der Waals surface area contributed by atoms with Crippen LogP contribution in [0.3, 0.4) is 0 Å². The molecular formula is C21H30F3N5O2. The number of nitrogens with zero attached hydrogens (tertiary/aromatic N) is 1. The summed E-state index contributed by atoms with van der Waals surface area (Å²) in [5, 5.41) is 3.16. The third-order valence-electron chi connectivity index (χ3n) is 4.29. The molecule has 31 heavy (non-hydrogen) atoms. The van der Waals surface area contributed by atoms with Crippen molar-refractivity contribution >= 4 is 5.91 Å². The number of nitrogens with one attached hydrogen (secondary N) is 2. The van der Waals surface area contributed by atoms with E-state index in [0.29, 0.717) is 17.9 Å². The fourth-order valence-electron chi connectivity index (χ4n) is 2.47. The van der Waals surface area contributed by atoms with Crippen LogP contribution in [0.4, 0.5) is 13.2 Å². The normalized spacial score (nSPS) is 16.9. The highest BCUT2D eigenvalue weighted by Crippen LogP contribution is 2.29. The zero-order chi connectivity index (χ0) is 23.4. The van der Waals surface area contributed by atoms with Crippen LogP contribution in [0, 0.1) is 0 Å². The lowest BCUT2D eigenvalue weighted by Crippen LogP contribution is -2.21. The highest BCUT2D eigenvalue weighted by atomic mass is 19.4. The van der Waals surface area contributed by atoms with Crippen molar-refractivity contribution in [1.29, 1.82) is 0 Å². The molecule has 1 aromatic carbocycles. The van der Waals surface area contributed by atoms with E-state index in [2.05, 4.69) is 17.3 Å². The average Bonchev–Trinajstić information content (AvgIpc) is 3.24. The zero-order valence-corrected chi connectivity index (χ0v) is 17.7. The van der Waals surface area contributed by atoms with E-state index in [4.69, 9.17) is 16.3 Å². The molecule has 0 bridgehead atoms. The van der Waals surface area contributed by atoms with Gasteiger partial charge in [0.15, 0.2) is 0 Å². The summed E-state index contributed by atoms with van der Waals surface area (Å²) in [6, 6.07) is 5.10. The van der Waals surface area contributed by atoms with Crippen LogP contribution in [0.15, 0.2) is 60.5 Å². The highest BCUT2D eigenvalue weighted by molar-refractivity contribution is 5.89. The number of carbonyl (C=O) groups excluding carboxylic acids is 1. The van der Waals surface area contributed by atoms with Crippen molar-refractivity contribution in [3.8, 4) is 0 Å². The third-order valence-corrected chi connectivity index (χ3v) is 4.29. The number of likely N-dealkylation sites (N-methyl/N-ethyl adjacent to an activating group) is 1. The molecule has 1 aliphatic rings. The maximum atomic E-state index is 12.3. The van der Waals surface area contributed by atoms with Crippen molar-refractivity contribution in [2.45, 2.75) is 25.3 Å². The summed E-state index contributed by atoms with van der Waals surface area (Å²) in [6.45, 7) is 5.68. The first-order valence-corrected chi connectivity index (χ1v) is 9.54. The molecule has 0 saturated carbocycles. The summed E-state index contributed by atoms with van der Waals surface area (Å²) in [5.74, 6) is 4.89. The van der Waals surface area contributed by atoms with Crippen molar-refractivity contribution in [2.75, 3.05) is 27.2 Å². The number of nitrogens with two attached hydrogens (primary N) is 2. The number of ether oxygens (including phenoxy) is 1. The number of rotatable bonds is 7. The second-order valence-corrected chi connectivity index (χ2v) is 6.92. The van der Waals surface area contributed by atoms with Gasteiger partial charge in [-0.15, -0.1) is 0 Å². The Morgan fingerprint density at radius 2 is 2.00 bits per heavy atom. The molecule has 1 heterocycles. The number of alkyl halides is 3. The first kappa shape index (κ1) is 26.2. The largest absolute Gasteiger partial charge is 0.416 e. The molecule has 1 saturated heterocycles. The summed E-state index contributed by atoms with van der Waals surface area (Å²) >= 11 is 0. The summed E-state index contributed by atoms with van der Waals surface area (Å²) in [4.78, 5) is 12.7. The molecule has 0 spiro atoms. The van der Waals surface area contributed by atoms with Gasteiger partial charge >= 0.3 is 6.18 Å². The van der Waals surface area contributed by atoms with Gasteiger partial charge in [0, 0.05) is 38.5 Å². The molecule has 6 N–H and O–H groups in total. The average molecular weight is 441 g/mol. The fraction of sp³-hybridized carbons (Fsp3) is 0.381. The quantitative estimate of drug-likeness (QED) is 0.223. The van der Waals surface area contributed by atoms with Gasteiger partial charge in [-0.05, 0) is 30.7 Å². The molecule has 0 aromatic heterocycles. The minimum atomic E-state index is -4.27. The molecule has 7 nitrogen and oxygen atoms in total. The van der Waals surface area contributed by atoms with E-state index < -0.39 is 11.7 Å². The van der Waals surface area contributed by atoms with Gasteiger partial charge in [0.25, 0.3) is 0 Å². The van der Waals surface area contributed by atoms with Crippen LogP contribution in [0.2, 0.25) is 0 Å². The first-order valence-electron chi connectivity index (χ1n) is 9.54. The van der Waals surface area contributed by atoms with Crippen molar-refractivity contribution in [1.82, 2.24) is 15.6 Å². The van der Waals surface area contributed by atoms with E-state index in [1.165, 1.54) is 35.4 Å². The Morgan fingerprint density at radius 3 is 2.45 bits per heavy atom. The van der Waals surface area contributed by atoms with Crippen molar-refractivity contribution in [2.24, 2.45) is 11.6 Å². The zero-order valence-electron chi connectivity index (χ0n) is 17.7. The minimum Gasteiger partial charge on any atom is -0.397 e. The maximum Gasteiger partial charge on any atom is 0.416 e. The van der Waals surface area contributed by atoms with Gasteiger partial charge in [-0.25, -0.2) is 0 Å². The molecule has 1 fully saturated rings. The molecule has 1 atom stereocenters. The standard InChI is InChI=1S/C12H14F3NO.C9H16N4O/c13-12(14,15)10-3-1-9(2-4-10)8-17-11-5-6-16-7-11;1-4-7(8(10)6-12-11)5-9(14)13(2)3/h1-4,11,16H,5-8H2;4-6,12H,1,10-11H2,2-3H3/b;7-5+,8-6-. The Bertz CT molecular complexity index is 768. The SMILES string of the molecule is C=CC(=C\C(=O)N(C)C)/C(N)=C/NN.FC(F)(F)c1ccc(COC2CCNC2)cc1. The lowest BCUT2D eigenvalue weighted by molar-refractivity contribution is -0.137. The number of amides is 1. The van der Waals surface area contributed by atoms with Crippen LogP contribution < -0.4 is 22.3 Å². The Labute approximate surface area is 180 Å². The summed E-state index contributed by atoms with van der Waals surface area (Å²) in [7, 11) is 3.31. The molecule has 2 rings (SSSR count). The van der Waals surface area contributed by atoms with E-state index in [0.717, 1.165) is 37.2 Å². The molecule has 1 aromatic rings. The lowest BCUT2D eigenvalue weighted by atomic mass is 10.1. The first-order chi connectivity index (χ1) is 14.6. The predicted molar refractivity (Wildman–Crippen MR) is 114 cm³/mol. The summed E-state index contributed by atoms with van der Waals surface area (Å²) < 4.78 is 42.5. The van der Waals surface area contributed by atoms with E-state index in [1.54, 1.807) is 14.1 Å². The van der Waals surface area contributed by atoms with Gasteiger partial charge in [0.05, 0.1) is 24.0 Å². The number of hydrazine groups is 1. The minimum absolute atomic E-state index is 0.159. The molecule has 0 aliphatic carbocycles. The van der Waals surface area contributed by atoms with Gasteiger partial charge in [0.1, 0.15) is 0 Å². The number of halogens is 3. The fourth-order valence-corrected chi connectivity index (χ4v) is 2.47. The Hall–Kier alpha value is -2.82. The number of benzene rings is 1. The molecule has 1 aliphatic heterocycles. The van der Waals surface area contributed by atoms with Crippen molar-refractivity contribution in [3.05, 3.63) is 71.6 Å². The number of allylic oxidation sites excluding steroid dienone is 1. The van der Waals surface area contributed by atoms with Gasteiger partial charge in [0.2, 0.25) is 5.91 Å². The Morgan fingerprint density at radius 1 is 1.35 bits per heavy atom. The molecular weight excluding hydrogens is 411 g/mol. The van der Waals surface area contributed by atoms with Crippen LogP contribution in [0.25, 0.3) is 0 Å². The predicted octanol–water partition coefficient (Wildman–Crippen LogP) is 2.03. The molecule has 0 radical (unpaired) electrons. The Balaban J connectivity index is 0.000000318. The van der Waals surface area contributed by atoms with Gasteiger partial charge in [-0.2, -0.15) is 13.2 Å². The Kier molecular flexibility index (Phi) is 10.8. The van der Waals surface area contributed by atoms with Crippen LogP contribution >= 0.6 is 0 Å². The van der Waals surface area contributed by atoms with Gasteiger partial charge < -0.3 is 26.1 Å². The van der Waals surface area contributed by atoms with Crippen molar-refractivity contribution in [3.63, 3.8) is 0 Å². The van der Waals surface area contributed by atoms with E-state index in [1.807, 2.05) is 0 Å². The van der Waals surface area contributed by atoms with E-state index in [-0.39, 0.29) is 12.0 Å². The van der Waals surface area contributed by atoms with E-state index in [9.17, 15) is 18.0 Å². The van der Waals surface area contributed by atoms with Gasteiger partial charge in [-0.1, -0.05) is 24.8 Å². The molecule has 10 heteroatoms. The topological polar surface area (TPSA) is 106 Å². The lowest BCUT2D eigenvalue weighted by Gasteiger charge is -2.11. The molecule has 1 amide bonds. The summed E-state index contributed by atoms with van der Waals surface area (Å²) in [6.07, 6.45) is 1.13. The number of carbonyl (C=O) groups is 1. The van der Waals surface area contributed by atoms with E-state index >= 15 is 0 Å². The monoisotopic (exact) mass is 441 g/mol. The number of hydrogen-bond acceptors (Lipinski definition) is 6. The number of hydrogen-bond donors (Lipinski definition) is 4. The molecule has 1 unspecified atom stereocenters. The molecule has 172 valence electrons. The highest BCUT2D eigenvalue weighted by Gasteiger charge is 2.29. The van der Waals surface area contributed by atoms with Crippen LogP contribution in [0.1, 0.15) is 17.5 Å². The second-order valence-electron chi connectivity index (χ2n) is 6.92. The van der Waals surface area contributed by atoms with Gasteiger partial charge in [-0.3, -0.25) is 10.6 Å². The smallest absolute Gasteiger partial charge is 0.397 e. The van der Waals surface area contributed by atoms with Crippen molar-refractivity contribution < 1.29 is 22.7 Å². The van der Waals surface area contributed by atoms with Crippen LogP contribution in [-0.4, -0.2) is 44.1 Å². The second kappa shape index (κ2) is 12.8. The van der Waals surface area contributed by atoms with Crippen LogP contribution in [-0.2, 0) is 22.3 Å². The van der Waals surface area contributed by atoms with Crippen LogP contribution in [0.5, 0.6) is 0 Å². The third kappa shape index (κ3) is 9.69.